The molecule has 1 atom stereocenters. The third kappa shape index (κ3) is 6.38. The standard InChI is InChI=1S/C10H20O2/c1-9(6-7-11)4-3-5-10(2)8-12/h5,9,11-12H,3-4,6-8H2,1-2H3/b10-5-/t9-/m1/s1. The first-order chi connectivity index (χ1) is 5.70. The molecule has 2 nitrogen and oxygen atoms in total. The third-order valence-electron chi connectivity index (χ3n) is 2.02. The van der Waals surface area contributed by atoms with Crippen molar-refractivity contribution < 1.29 is 10.2 Å². The van der Waals surface area contributed by atoms with Crippen molar-refractivity contribution >= 4 is 0 Å². The van der Waals surface area contributed by atoms with E-state index in [1.54, 1.807) is 0 Å². The van der Waals surface area contributed by atoms with E-state index in [9.17, 15) is 0 Å². The maximum Gasteiger partial charge on any atom is 0.0639 e. The Morgan fingerprint density at radius 3 is 2.50 bits per heavy atom. The minimum absolute atomic E-state index is 0.161. The summed E-state index contributed by atoms with van der Waals surface area (Å²) in [6.07, 6.45) is 5.05. The highest BCUT2D eigenvalue weighted by Gasteiger charge is 1.98. The largest absolute Gasteiger partial charge is 0.396 e. The minimum Gasteiger partial charge on any atom is -0.396 e. The maximum absolute atomic E-state index is 8.70. The van der Waals surface area contributed by atoms with Crippen molar-refractivity contribution in [3.63, 3.8) is 0 Å². The highest BCUT2D eigenvalue weighted by Crippen LogP contribution is 2.10. The number of hydrogen-bond donors (Lipinski definition) is 2. The molecule has 2 N–H and O–H groups in total. The van der Waals surface area contributed by atoms with Gasteiger partial charge >= 0.3 is 0 Å². The van der Waals surface area contributed by atoms with Crippen LogP contribution in [0, 0.1) is 5.92 Å². The molecule has 0 rings (SSSR count). The van der Waals surface area contributed by atoms with Gasteiger partial charge in [0.2, 0.25) is 0 Å². The fraction of sp³-hybridized carbons (Fsp3) is 0.800. The second-order valence-corrected chi connectivity index (χ2v) is 3.40. The summed E-state index contributed by atoms with van der Waals surface area (Å²) >= 11 is 0. The van der Waals surface area contributed by atoms with Gasteiger partial charge in [0.1, 0.15) is 0 Å². The van der Waals surface area contributed by atoms with Crippen molar-refractivity contribution in [2.75, 3.05) is 13.2 Å². The van der Waals surface area contributed by atoms with Gasteiger partial charge in [0.15, 0.2) is 0 Å². The highest BCUT2D eigenvalue weighted by molar-refractivity contribution is 4.97. The summed E-state index contributed by atoms with van der Waals surface area (Å²) in [5.41, 5.74) is 1.03. The van der Waals surface area contributed by atoms with Gasteiger partial charge in [-0.05, 0) is 32.1 Å². The SMILES string of the molecule is C/C(=C/CC[C@@H](C)CCO)CO. The molecule has 0 aliphatic carbocycles. The second-order valence-electron chi connectivity index (χ2n) is 3.40. The van der Waals surface area contributed by atoms with Crippen molar-refractivity contribution in [2.45, 2.75) is 33.1 Å². The fourth-order valence-corrected chi connectivity index (χ4v) is 1.04. The normalized spacial score (nSPS) is 14.8. The molecule has 2 heteroatoms. The van der Waals surface area contributed by atoms with E-state index >= 15 is 0 Å². The van der Waals surface area contributed by atoms with E-state index in [1.807, 2.05) is 6.92 Å². The van der Waals surface area contributed by atoms with E-state index < -0.39 is 0 Å². The number of aliphatic hydroxyl groups excluding tert-OH is 2. The quantitative estimate of drug-likeness (QED) is 0.599. The van der Waals surface area contributed by atoms with Crippen LogP contribution in [0.5, 0.6) is 0 Å². The van der Waals surface area contributed by atoms with Gasteiger partial charge < -0.3 is 10.2 Å². The lowest BCUT2D eigenvalue weighted by atomic mass is 10.0. The molecular formula is C10H20O2. The smallest absolute Gasteiger partial charge is 0.0639 e. The van der Waals surface area contributed by atoms with Gasteiger partial charge in [-0.1, -0.05) is 18.6 Å². The molecule has 0 amide bonds. The van der Waals surface area contributed by atoms with E-state index in [-0.39, 0.29) is 13.2 Å². The van der Waals surface area contributed by atoms with Crippen LogP contribution in [-0.4, -0.2) is 23.4 Å². The Morgan fingerprint density at radius 2 is 2.00 bits per heavy atom. The van der Waals surface area contributed by atoms with Crippen LogP contribution < -0.4 is 0 Å². The molecule has 0 saturated heterocycles. The molecule has 0 aliphatic heterocycles. The molecule has 0 aromatic heterocycles. The molecule has 0 aliphatic rings. The summed E-state index contributed by atoms with van der Waals surface area (Å²) in [6, 6.07) is 0. The molecule has 0 heterocycles. The summed E-state index contributed by atoms with van der Waals surface area (Å²) in [7, 11) is 0. The van der Waals surface area contributed by atoms with E-state index in [4.69, 9.17) is 10.2 Å². The molecule has 12 heavy (non-hydrogen) atoms. The minimum atomic E-state index is 0.161. The lowest BCUT2D eigenvalue weighted by Crippen LogP contribution is -1.97. The third-order valence-corrected chi connectivity index (χ3v) is 2.02. The van der Waals surface area contributed by atoms with Crippen LogP contribution in [0.4, 0.5) is 0 Å². The first kappa shape index (κ1) is 11.7. The molecule has 0 bridgehead atoms. The fourth-order valence-electron chi connectivity index (χ4n) is 1.04. The zero-order chi connectivity index (χ0) is 9.40. The van der Waals surface area contributed by atoms with E-state index in [0.717, 1.165) is 24.8 Å². The van der Waals surface area contributed by atoms with Crippen LogP contribution in [0.1, 0.15) is 33.1 Å². The van der Waals surface area contributed by atoms with E-state index in [0.29, 0.717) is 5.92 Å². The first-order valence-electron chi connectivity index (χ1n) is 4.58. The summed E-state index contributed by atoms with van der Waals surface area (Å²) in [5.74, 6) is 0.581. The Bertz CT molecular complexity index is 130. The summed E-state index contributed by atoms with van der Waals surface area (Å²) in [4.78, 5) is 0. The van der Waals surface area contributed by atoms with Crippen molar-refractivity contribution in [2.24, 2.45) is 5.92 Å². The number of allylic oxidation sites excluding steroid dienone is 1. The monoisotopic (exact) mass is 172 g/mol. The highest BCUT2D eigenvalue weighted by atomic mass is 16.3. The van der Waals surface area contributed by atoms with Gasteiger partial charge in [-0.2, -0.15) is 0 Å². The van der Waals surface area contributed by atoms with Crippen LogP contribution in [-0.2, 0) is 0 Å². The van der Waals surface area contributed by atoms with Gasteiger partial charge in [-0.3, -0.25) is 0 Å². The van der Waals surface area contributed by atoms with Crippen LogP contribution in [0.15, 0.2) is 11.6 Å². The molecular weight excluding hydrogens is 152 g/mol. The van der Waals surface area contributed by atoms with E-state index in [1.165, 1.54) is 0 Å². The topological polar surface area (TPSA) is 40.5 Å². The molecule has 0 fully saturated rings. The lowest BCUT2D eigenvalue weighted by Gasteiger charge is -2.06. The average molecular weight is 172 g/mol. The molecule has 0 radical (unpaired) electrons. The van der Waals surface area contributed by atoms with Gasteiger partial charge in [-0.25, -0.2) is 0 Å². The predicted molar refractivity (Wildman–Crippen MR) is 50.9 cm³/mol. The Morgan fingerprint density at radius 1 is 1.33 bits per heavy atom. The maximum atomic E-state index is 8.70. The van der Waals surface area contributed by atoms with Gasteiger partial charge in [0.25, 0.3) is 0 Å². The summed E-state index contributed by atoms with van der Waals surface area (Å²) < 4.78 is 0. The molecule has 72 valence electrons. The van der Waals surface area contributed by atoms with Gasteiger partial charge in [0, 0.05) is 6.61 Å². The van der Waals surface area contributed by atoms with Crippen LogP contribution in [0.3, 0.4) is 0 Å². The number of rotatable bonds is 6. The summed E-state index contributed by atoms with van der Waals surface area (Å²) in [6.45, 7) is 4.51. The van der Waals surface area contributed by atoms with Crippen molar-refractivity contribution in [3.05, 3.63) is 11.6 Å². The second kappa shape index (κ2) is 7.32. The van der Waals surface area contributed by atoms with Crippen molar-refractivity contribution in [1.82, 2.24) is 0 Å². The van der Waals surface area contributed by atoms with E-state index in [2.05, 4.69) is 13.0 Å². The zero-order valence-electron chi connectivity index (χ0n) is 8.08. The summed E-state index contributed by atoms with van der Waals surface area (Å²) in [5, 5.41) is 17.3. The molecule has 0 aromatic rings. The molecule has 0 saturated carbocycles. The van der Waals surface area contributed by atoms with Gasteiger partial charge in [0.05, 0.1) is 6.61 Å². The van der Waals surface area contributed by atoms with Crippen LogP contribution in [0.2, 0.25) is 0 Å². The lowest BCUT2D eigenvalue weighted by molar-refractivity contribution is 0.259. The first-order valence-corrected chi connectivity index (χ1v) is 4.58. The molecule has 0 unspecified atom stereocenters. The van der Waals surface area contributed by atoms with Crippen molar-refractivity contribution in [3.8, 4) is 0 Å². The number of aliphatic hydroxyl groups is 2. The Labute approximate surface area is 74.9 Å². The predicted octanol–water partition coefficient (Wildman–Crippen LogP) is 1.72. The molecule has 0 aromatic carbocycles. The average Bonchev–Trinajstić information content (AvgIpc) is 2.04. The van der Waals surface area contributed by atoms with Crippen molar-refractivity contribution in [1.29, 1.82) is 0 Å². The zero-order valence-corrected chi connectivity index (χ0v) is 8.08. The van der Waals surface area contributed by atoms with Gasteiger partial charge in [-0.15, -0.1) is 0 Å². The number of hydrogen-bond acceptors (Lipinski definition) is 2. The Hall–Kier alpha value is -0.340. The molecule has 0 spiro atoms. The Balaban J connectivity index is 3.41. The van der Waals surface area contributed by atoms with Crippen LogP contribution in [0.25, 0.3) is 0 Å². The van der Waals surface area contributed by atoms with Crippen LogP contribution >= 0.6 is 0 Å². The Kier molecular flexibility index (Phi) is 7.11.